The van der Waals surface area contributed by atoms with Crippen molar-refractivity contribution in [2.24, 2.45) is 0 Å². The highest BCUT2D eigenvalue weighted by molar-refractivity contribution is 5.92. The van der Waals surface area contributed by atoms with Crippen molar-refractivity contribution < 1.29 is 4.92 Å². The first kappa shape index (κ1) is 13.7. The second kappa shape index (κ2) is 5.35. The molecule has 1 N–H and O–H groups in total. The van der Waals surface area contributed by atoms with Gasteiger partial charge in [0.25, 0.3) is 5.69 Å². The molecule has 1 aliphatic rings. The van der Waals surface area contributed by atoms with Gasteiger partial charge in [0.15, 0.2) is 0 Å². The Balaban J connectivity index is 1.81. The molecule has 0 spiro atoms. The van der Waals surface area contributed by atoms with E-state index in [1.165, 1.54) is 18.9 Å². The topological polar surface area (TPSA) is 87.9 Å². The minimum absolute atomic E-state index is 0.0759. The van der Waals surface area contributed by atoms with Crippen LogP contribution in [-0.4, -0.2) is 33.0 Å². The highest BCUT2D eigenvalue weighted by atomic mass is 16.6. The molecule has 116 valence electrons. The first-order chi connectivity index (χ1) is 11.2. The van der Waals surface area contributed by atoms with Gasteiger partial charge in [-0.25, -0.2) is 9.97 Å². The Morgan fingerprint density at radius 2 is 2.00 bits per heavy atom. The van der Waals surface area contributed by atoms with Crippen molar-refractivity contribution in [3.63, 3.8) is 0 Å². The van der Waals surface area contributed by atoms with Crippen LogP contribution in [0.5, 0.6) is 0 Å². The standard InChI is InChI=1S/C16H15N5O2/c22-21(23)12-5-3-4-11(8-12)14-9-13-15(19-14)17-10-18-16(13)20-6-1-2-7-20/h3-5,8-10H,1-2,6-7H2,(H,17,18,19). The number of nitro benzene ring substituents is 1. The molecular formula is C16H15N5O2. The van der Waals surface area contributed by atoms with Gasteiger partial charge >= 0.3 is 0 Å². The fraction of sp³-hybridized carbons (Fsp3) is 0.250. The predicted octanol–water partition coefficient (Wildman–Crippen LogP) is 3.13. The van der Waals surface area contributed by atoms with E-state index in [9.17, 15) is 10.1 Å². The third-order valence-electron chi connectivity index (χ3n) is 4.18. The Morgan fingerprint density at radius 3 is 2.78 bits per heavy atom. The lowest BCUT2D eigenvalue weighted by molar-refractivity contribution is -0.384. The molecule has 1 fully saturated rings. The van der Waals surface area contributed by atoms with Crippen LogP contribution in [0.1, 0.15) is 12.8 Å². The zero-order valence-electron chi connectivity index (χ0n) is 12.4. The van der Waals surface area contributed by atoms with Crippen LogP contribution in [0.2, 0.25) is 0 Å². The maximum atomic E-state index is 11.0. The van der Waals surface area contributed by atoms with Crippen molar-refractivity contribution >= 4 is 22.5 Å². The van der Waals surface area contributed by atoms with Crippen LogP contribution in [0.3, 0.4) is 0 Å². The average molecular weight is 309 g/mol. The lowest BCUT2D eigenvalue weighted by Crippen LogP contribution is -2.19. The van der Waals surface area contributed by atoms with Crippen molar-refractivity contribution in [2.45, 2.75) is 12.8 Å². The summed E-state index contributed by atoms with van der Waals surface area (Å²) in [5, 5.41) is 11.9. The zero-order valence-corrected chi connectivity index (χ0v) is 12.4. The zero-order chi connectivity index (χ0) is 15.8. The van der Waals surface area contributed by atoms with E-state index < -0.39 is 0 Å². The van der Waals surface area contributed by atoms with Gasteiger partial charge < -0.3 is 9.88 Å². The molecular weight excluding hydrogens is 294 g/mol. The molecule has 7 nitrogen and oxygen atoms in total. The number of fused-ring (bicyclic) bond motifs is 1. The summed E-state index contributed by atoms with van der Waals surface area (Å²) in [6, 6.07) is 8.56. The van der Waals surface area contributed by atoms with Crippen LogP contribution in [0.4, 0.5) is 11.5 Å². The number of nitro groups is 1. The van der Waals surface area contributed by atoms with Gasteiger partial charge in [0.1, 0.15) is 17.8 Å². The molecule has 3 heterocycles. The largest absolute Gasteiger partial charge is 0.356 e. The van der Waals surface area contributed by atoms with Gasteiger partial charge in [0.2, 0.25) is 0 Å². The fourth-order valence-electron chi connectivity index (χ4n) is 3.05. The van der Waals surface area contributed by atoms with Crippen molar-refractivity contribution in [3.05, 3.63) is 46.8 Å². The molecule has 7 heteroatoms. The number of H-pyrrole nitrogens is 1. The summed E-state index contributed by atoms with van der Waals surface area (Å²) < 4.78 is 0. The quantitative estimate of drug-likeness (QED) is 0.593. The Hall–Kier alpha value is -2.96. The first-order valence-electron chi connectivity index (χ1n) is 7.56. The second-order valence-electron chi connectivity index (χ2n) is 5.64. The number of hydrogen-bond acceptors (Lipinski definition) is 5. The fourth-order valence-corrected chi connectivity index (χ4v) is 3.05. The molecule has 4 rings (SSSR count). The van der Waals surface area contributed by atoms with Gasteiger partial charge in [-0.1, -0.05) is 12.1 Å². The van der Waals surface area contributed by atoms with Gasteiger partial charge in [0, 0.05) is 36.5 Å². The molecule has 1 aliphatic heterocycles. The van der Waals surface area contributed by atoms with E-state index in [0.29, 0.717) is 0 Å². The van der Waals surface area contributed by atoms with Crippen LogP contribution in [0.25, 0.3) is 22.3 Å². The van der Waals surface area contributed by atoms with Crippen molar-refractivity contribution in [1.82, 2.24) is 15.0 Å². The molecule has 0 unspecified atom stereocenters. The minimum Gasteiger partial charge on any atom is -0.356 e. The second-order valence-corrected chi connectivity index (χ2v) is 5.64. The summed E-state index contributed by atoms with van der Waals surface area (Å²) in [6.45, 7) is 2.01. The van der Waals surface area contributed by atoms with E-state index in [1.807, 2.05) is 12.1 Å². The van der Waals surface area contributed by atoms with Crippen molar-refractivity contribution in [3.8, 4) is 11.3 Å². The van der Waals surface area contributed by atoms with E-state index in [4.69, 9.17) is 0 Å². The molecule has 0 bridgehead atoms. The summed E-state index contributed by atoms with van der Waals surface area (Å²) in [5.41, 5.74) is 2.41. The molecule has 2 aromatic heterocycles. The summed E-state index contributed by atoms with van der Waals surface area (Å²) in [6.07, 6.45) is 3.91. The van der Waals surface area contributed by atoms with Gasteiger partial charge in [-0.05, 0) is 18.9 Å². The molecule has 0 aliphatic carbocycles. The molecule has 0 saturated carbocycles. The van der Waals surface area contributed by atoms with Crippen LogP contribution in [0.15, 0.2) is 36.7 Å². The lowest BCUT2D eigenvalue weighted by Gasteiger charge is -2.16. The van der Waals surface area contributed by atoms with E-state index in [0.717, 1.165) is 41.2 Å². The number of nitrogens with zero attached hydrogens (tertiary/aromatic N) is 4. The first-order valence-corrected chi connectivity index (χ1v) is 7.56. The molecule has 1 saturated heterocycles. The van der Waals surface area contributed by atoms with E-state index in [2.05, 4.69) is 19.9 Å². The number of nitrogens with one attached hydrogen (secondary N) is 1. The van der Waals surface area contributed by atoms with Crippen LogP contribution in [-0.2, 0) is 0 Å². The number of anilines is 1. The van der Waals surface area contributed by atoms with Crippen molar-refractivity contribution in [2.75, 3.05) is 18.0 Å². The number of benzene rings is 1. The maximum Gasteiger partial charge on any atom is 0.270 e. The average Bonchev–Trinajstić information content (AvgIpc) is 3.24. The summed E-state index contributed by atoms with van der Waals surface area (Å²) in [4.78, 5) is 24.8. The normalized spacial score (nSPS) is 14.5. The molecule has 1 aromatic carbocycles. The number of rotatable bonds is 3. The van der Waals surface area contributed by atoms with E-state index in [-0.39, 0.29) is 10.6 Å². The predicted molar refractivity (Wildman–Crippen MR) is 87.4 cm³/mol. The highest BCUT2D eigenvalue weighted by Gasteiger charge is 2.18. The third kappa shape index (κ3) is 2.40. The van der Waals surface area contributed by atoms with E-state index in [1.54, 1.807) is 18.5 Å². The molecule has 0 atom stereocenters. The SMILES string of the molecule is O=[N+]([O-])c1cccc(-c2cc3c(N4CCCC4)ncnc3[nH]2)c1. The summed E-state index contributed by atoms with van der Waals surface area (Å²) in [7, 11) is 0. The summed E-state index contributed by atoms with van der Waals surface area (Å²) >= 11 is 0. The monoisotopic (exact) mass is 309 g/mol. The minimum atomic E-state index is -0.387. The molecule has 0 amide bonds. The maximum absolute atomic E-state index is 11.0. The van der Waals surface area contributed by atoms with Gasteiger partial charge in [-0.15, -0.1) is 0 Å². The molecule has 3 aromatic rings. The van der Waals surface area contributed by atoms with Crippen molar-refractivity contribution in [1.29, 1.82) is 0 Å². The Morgan fingerprint density at radius 1 is 1.17 bits per heavy atom. The Labute approximate surface area is 132 Å². The smallest absolute Gasteiger partial charge is 0.270 e. The summed E-state index contributed by atoms with van der Waals surface area (Å²) in [5.74, 6) is 0.931. The van der Waals surface area contributed by atoms with Gasteiger partial charge in [-0.2, -0.15) is 0 Å². The molecule has 0 radical (unpaired) electrons. The Kier molecular flexibility index (Phi) is 3.18. The van der Waals surface area contributed by atoms with Crippen LogP contribution < -0.4 is 4.90 Å². The van der Waals surface area contributed by atoms with Crippen LogP contribution in [0, 0.1) is 10.1 Å². The number of aromatic amines is 1. The van der Waals surface area contributed by atoms with Crippen LogP contribution >= 0.6 is 0 Å². The third-order valence-corrected chi connectivity index (χ3v) is 4.18. The number of aromatic nitrogens is 3. The van der Waals surface area contributed by atoms with E-state index >= 15 is 0 Å². The van der Waals surface area contributed by atoms with Gasteiger partial charge in [-0.3, -0.25) is 10.1 Å². The Bertz CT molecular complexity index is 883. The highest BCUT2D eigenvalue weighted by Crippen LogP contribution is 2.31. The number of hydrogen-bond donors (Lipinski definition) is 1. The van der Waals surface area contributed by atoms with Gasteiger partial charge in [0.05, 0.1) is 10.3 Å². The lowest BCUT2D eigenvalue weighted by atomic mass is 10.1. The molecule has 23 heavy (non-hydrogen) atoms. The number of non-ortho nitro benzene ring substituents is 1.